The molecule has 0 radical (unpaired) electrons. The lowest BCUT2D eigenvalue weighted by Crippen LogP contribution is -2.32. The number of hydrogen-bond donors (Lipinski definition) is 4. The fraction of sp³-hybridized carbons (Fsp3) is 0. The van der Waals surface area contributed by atoms with Gasteiger partial charge >= 0.3 is 0 Å². The molecular weight excluding hydrogens is 508 g/mol. The minimum absolute atomic E-state index is 0.0242. The highest BCUT2D eigenvalue weighted by Gasteiger charge is 2.16. The first-order valence-corrected chi connectivity index (χ1v) is 12.6. The number of nitrogens with two attached hydrogens (primary N) is 1. The normalized spacial score (nSPS) is 11.6. The highest BCUT2D eigenvalue weighted by atomic mass is 32.2. The number of sulfonamides is 1. The molecule has 2 heterocycles. The summed E-state index contributed by atoms with van der Waals surface area (Å²) in [6.07, 6.45) is 5.83. The van der Waals surface area contributed by atoms with Crippen LogP contribution in [0, 0.1) is 0 Å². The van der Waals surface area contributed by atoms with Gasteiger partial charge in [-0.05, 0) is 59.3 Å². The average molecular weight is 529 g/mol. The molecule has 13 heteroatoms. The van der Waals surface area contributed by atoms with E-state index in [9.17, 15) is 18.3 Å². The Hall–Kier alpha value is -5.30. The van der Waals surface area contributed by atoms with E-state index in [1.807, 2.05) is 24.3 Å². The smallest absolute Gasteiger partial charge is 0.299 e. The molecule has 0 spiro atoms. The number of phenolic OH excluding ortho intramolecular Hbond substituents is 1. The first-order chi connectivity index (χ1) is 18.3. The van der Waals surface area contributed by atoms with E-state index < -0.39 is 15.6 Å². The largest absolute Gasteiger partial charge is 0.507 e. The molecule has 0 saturated carbocycles. The fourth-order valence-corrected chi connectivity index (χ4v) is 4.56. The van der Waals surface area contributed by atoms with Crippen LogP contribution < -0.4 is 21.4 Å². The zero-order valence-corrected chi connectivity index (χ0v) is 20.4. The van der Waals surface area contributed by atoms with Crippen molar-refractivity contribution in [3.63, 3.8) is 0 Å². The third-order valence-corrected chi connectivity index (χ3v) is 6.83. The first-order valence-electron chi connectivity index (χ1n) is 11.1. The van der Waals surface area contributed by atoms with Gasteiger partial charge in [-0.3, -0.25) is 4.79 Å². The van der Waals surface area contributed by atoms with Gasteiger partial charge in [0.15, 0.2) is 5.69 Å². The van der Waals surface area contributed by atoms with Crippen molar-refractivity contribution in [3.8, 4) is 5.75 Å². The fourth-order valence-electron chi connectivity index (χ4n) is 3.60. The highest BCUT2D eigenvalue weighted by Crippen LogP contribution is 2.28. The lowest BCUT2D eigenvalue weighted by molar-refractivity contribution is 0.475. The van der Waals surface area contributed by atoms with Gasteiger partial charge < -0.3 is 16.3 Å². The van der Waals surface area contributed by atoms with Crippen LogP contribution in [0.25, 0.3) is 22.9 Å². The zero-order valence-electron chi connectivity index (χ0n) is 19.6. The number of rotatable bonds is 7. The summed E-state index contributed by atoms with van der Waals surface area (Å²) in [5.41, 5.74) is 0.265. The second-order valence-electron chi connectivity index (χ2n) is 7.96. The Bertz CT molecular complexity index is 1820. The van der Waals surface area contributed by atoms with E-state index in [0.29, 0.717) is 11.3 Å². The van der Waals surface area contributed by atoms with Crippen LogP contribution in [0.4, 0.5) is 17.6 Å². The molecule has 0 aliphatic rings. The molecule has 3 aromatic carbocycles. The van der Waals surface area contributed by atoms with Gasteiger partial charge in [-0.2, -0.15) is 4.68 Å². The van der Waals surface area contributed by atoms with E-state index >= 15 is 0 Å². The van der Waals surface area contributed by atoms with Gasteiger partial charge in [-0.25, -0.2) is 23.1 Å². The third kappa shape index (κ3) is 4.99. The summed E-state index contributed by atoms with van der Waals surface area (Å²) in [4.78, 5) is 20.5. The lowest BCUT2D eigenvalue weighted by atomic mass is 10.0. The third-order valence-electron chi connectivity index (χ3n) is 5.49. The van der Waals surface area contributed by atoms with Gasteiger partial charge in [0, 0.05) is 23.6 Å². The summed E-state index contributed by atoms with van der Waals surface area (Å²) >= 11 is 0. The number of anilines is 3. The molecular formula is C25H20N8O4S. The molecule has 2 aromatic heterocycles. The van der Waals surface area contributed by atoms with Gasteiger partial charge in [0.05, 0.1) is 4.90 Å². The number of phenols is 1. The predicted octanol–water partition coefficient (Wildman–Crippen LogP) is 2.72. The first kappa shape index (κ1) is 24.4. The SMILES string of the molecule is Nn1c(Nc2ccc(S(=O)(=O)Nc3ncccn3)cc2)nnc(/C=C/c2c(O)ccc3ccccc23)c1=O. The minimum Gasteiger partial charge on any atom is -0.507 e. The van der Waals surface area contributed by atoms with Crippen molar-refractivity contribution in [3.05, 3.63) is 101 Å². The second-order valence-corrected chi connectivity index (χ2v) is 9.65. The van der Waals surface area contributed by atoms with Crippen molar-refractivity contribution in [2.45, 2.75) is 4.90 Å². The molecule has 0 aliphatic carbocycles. The molecule has 5 aromatic rings. The van der Waals surface area contributed by atoms with Gasteiger partial charge in [-0.15, -0.1) is 10.2 Å². The van der Waals surface area contributed by atoms with Crippen molar-refractivity contribution in [2.75, 3.05) is 15.9 Å². The van der Waals surface area contributed by atoms with Gasteiger partial charge in [0.25, 0.3) is 15.6 Å². The van der Waals surface area contributed by atoms with E-state index in [1.165, 1.54) is 42.7 Å². The minimum atomic E-state index is -3.91. The molecule has 5 rings (SSSR count). The number of nitrogens with zero attached hydrogens (tertiary/aromatic N) is 5. The Kier molecular flexibility index (Phi) is 6.41. The van der Waals surface area contributed by atoms with E-state index in [1.54, 1.807) is 24.3 Å². The van der Waals surface area contributed by atoms with Crippen LogP contribution in [0.3, 0.4) is 0 Å². The molecule has 0 saturated heterocycles. The van der Waals surface area contributed by atoms with Crippen molar-refractivity contribution in [1.82, 2.24) is 24.8 Å². The maximum absolute atomic E-state index is 12.8. The number of nitrogens with one attached hydrogen (secondary N) is 2. The standard InChI is InChI=1S/C25H20N8O4S/c26-33-23(35)21(12-11-20-19-5-2-1-4-16(19)6-13-22(20)34)30-31-25(33)29-17-7-9-18(10-8-17)38(36,37)32-24-27-14-3-15-28-24/h1-15,34H,26H2,(H,29,31)(H,27,28,32)/b12-11+. The van der Waals surface area contributed by atoms with Crippen LogP contribution in [0.1, 0.15) is 11.3 Å². The van der Waals surface area contributed by atoms with E-state index in [-0.39, 0.29) is 28.2 Å². The molecule has 190 valence electrons. The summed E-state index contributed by atoms with van der Waals surface area (Å²) in [6.45, 7) is 0. The van der Waals surface area contributed by atoms with Crippen molar-refractivity contribution >= 4 is 50.5 Å². The van der Waals surface area contributed by atoms with E-state index in [0.717, 1.165) is 15.4 Å². The van der Waals surface area contributed by atoms with Gasteiger partial charge in [-0.1, -0.05) is 30.3 Å². The zero-order chi connectivity index (χ0) is 26.7. The number of aromatic hydroxyl groups is 1. The van der Waals surface area contributed by atoms with Crippen LogP contribution in [0.2, 0.25) is 0 Å². The van der Waals surface area contributed by atoms with Crippen molar-refractivity contribution in [1.29, 1.82) is 0 Å². The summed E-state index contributed by atoms with van der Waals surface area (Å²) in [5, 5.41) is 22.8. The Labute approximate surface area is 216 Å². The molecule has 0 bridgehead atoms. The summed E-state index contributed by atoms with van der Waals surface area (Å²) < 4.78 is 28.2. The van der Waals surface area contributed by atoms with Gasteiger partial charge in [0.2, 0.25) is 11.9 Å². The van der Waals surface area contributed by atoms with Crippen molar-refractivity contribution < 1.29 is 13.5 Å². The van der Waals surface area contributed by atoms with Crippen LogP contribution in [-0.2, 0) is 10.0 Å². The Balaban J connectivity index is 1.35. The van der Waals surface area contributed by atoms with Crippen LogP contribution in [-0.4, -0.2) is 38.4 Å². The van der Waals surface area contributed by atoms with Gasteiger partial charge in [0.1, 0.15) is 5.75 Å². The van der Waals surface area contributed by atoms with Crippen LogP contribution in [0.15, 0.2) is 88.8 Å². The van der Waals surface area contributed by atoms with E-state index in [4.69, 9.17) is 5.84 Å². The monoisotopic (exact) mass is 528 g/mol. The molecule has 12 nitrogen and oxygen atoms in total. The number of hydrogen-bond acceptors (Lipinski definition) is 10. The maximum atomic E-state index is 12.8. The highest BCUT2D eigenvalue weighted by molar-refractivity contribution is 7.92. The summed E-state index contributed by atoms with van der Waals surface area (Å²) in [6, 6.07) is 18.1. The Morgan fingerprint density at radius 1 is 0.895 bits per heavy atom. The number of fused-ring (bicyclic) bond motifs is 1. The topological polar surface area (TPSA) is 178 Å². The number of nitrogen functional groups attached to an aromatic ring is 1. The number of benzene rings is 3. The predicted molar refractivity (Wildman–Crippen MR) is 144 cm³/mol. The average Bonchev–Trinajstić information content (AvgIpc) is 2.92. The van der Waals surface area contributed by atoms with Crippen LogP contribution in [0.5, 0.6) is 5.75 Å². The summed E-state index contributed by atoms with van der Waals surface area (Å²) in [5.74, 6) is 5.88. The lowest BCUT2D eigenvalue weighted by Gasteiger charge is -2.10. The molecule has 0 fully saturated rings. The van der Waals surface area contributed by atoms with E-state index in [2.05, 4.69) is 30.2 Å². The molecule has 5 N–H and O–H groups in total. The molecule has 0 unspecified atom stereocenters. The Morgan fingerprint density at radius 2 is 1.63 bits per heavy atom. The number of aromatic nitrogens is 5. The molecule has 0 atom stereocenters. The second kappa shape index (κ2) is 9.99. The summed E-state index contributed by atoms with van der Waals surface area (Å²) in [7, 11) is -3.91. The quantitative estimate of drug-likeness (QED) is 0.230. The Morgan fingerprint density at radius 3 is 2.39 bits per heavy atom. The molecule has 0 aliphatic heterocycles. The van der Waals surface area contributed by atoms with Crippen molar-refractivity contribution in [2.24, 2.45) is 0 Å². The molecule has 38 heavy (non-hydrogen) atoms. The molecule has 0 amide bonds. The maximum Gasteiger partial charge on any atom is 0.299 e. The van der Waals surface area contributed by atoms with Crippen LogP contribution >= 0.6 is 0 Å².